The van der Waals surface area contributed by atoms with Crippen LogP contribution in [0.4, 0.5) is 14.5 Å². The number of hydrogen-bond donors (Lipinski definition) is 2. The third-order valence-corrected chi connectivity index (χ3v) is 4.39. The number of carbonyl (C=O) groups excluding carboxylic acids is 2. The average Bonchev–Trinajstić information content (AvgIpc) is 2.65. The van der Waals surface area contributed by atoms with Crippen LogP contribution >= 0.6 is 0 Å². The molecule has 0 unspecified atom stereocenters. The summed E-state index contributed by atoms with van der Waals surface area (Å²) in [6.07, 6.45) is 0. The van der Waals surface area contributed by atoms with Crippen LogP contribution in [0.3, 0.4) is 0 Å². The lowest BCUT2D eigenvalue weighted by atomic mass is 10.2. The molecule has 7 heteroatoms. The van der Waals surface area contributed by atoms with Gasteiger partial charge in [0.15, 0.2) is 6.54 Å². The Morgan fingerprint density at radius 3 is 2.42 bits per heavy atom. The molecular formula is C19H20F2N3O2+. The molecule has 1 fully saturated rings. The molecule has 0 aliphatic carbocycles. The van der Waals surface area contributed by atoms with Crippen molar-refractivity contribution in [2.24, 2.45) is 0 Å². The number of amides is 2. The van der Waals surface area contributed by atoms with E-state index in [2.05, 4.69) is 5.32 Å². The fourth-order valence-corrected chi connectivity index (χ4v) is 2.98. The predicted molar refractivity (Wildman–Crippen MR) is 92.9 cm³/mol. The average molecular weight is 360 g/mol. The summed E-state index contributed by atoms with van der Waals surface area (Å²) in [4.78, 5) is 27.2. The number of rotatable bonds is 4. The Kier molecular flexibility index (Phi) is 5.58. The molecule has 0 atom stereocenters. The molecule has 2 aromatic carbocycles. The zero-order valence-electron chi connectivity index (χ0n) is 14.2. The second-order valence-corrected chi connectivity index (χ2v) is 6.26. The standard InChI is InChI=1S/C19H19F2N3O2/c20-15-6-7-16(21)17(12-15)22-18(25)13-23-8-10-24(11-9-23)19(26)14-4-2-1-3-5-14/h1-7,12H,8-11,13H2,(H,22,25)/p+1. The van der Waals surface area contributed by atoms with E-state index in [-0.39, 0.29) is 24.0 Å². The highest BCUT2D eigenvalue weighted by Gasteiger charge is 2.26. The molecule has 2 N–H and O–H groups in total. The van der Waals surface area contributed by atoms with Crippen LogP contribution in [0.2, 0.25) is 0 Å². The van der Waals surface area contributed by atoms with Crippen molar-refractivity contribution in [2.75, 3.05) is 38.0 Å². The van der Waals surface area contributed by atoms with E-state index in [4.69, 9.17) is 0 Å². The Morgan fingerprint density at radius 2 is 1.73 bits per heavy atom. The van der Waals surface area contributed by atoms with Crippen molar-refractivity contribution in [2.45, 2.75) is 0 Å². The number of carbonyl (C=O) groups is 2. The number of nitrogens with zero attached hydrogens (tertiary/aromatic N) is 1. The molecule has 1 heterocycles. The normalized spacial score (nSPS) is 14.9. The first-order valence-electron chi connectivity index (χ1n) is 8.46. The Morgan fingerprint density at radius 1 is 1.04 bits per heavy atom. The van der Waals surface area contributed by atoms with Gasteiger partial charge in [-0.25, -0.2) is 8.78 Å². The maximum Gasteiger partial charge on any atom is 0.279 e. The zero-order valence-corrected chi connectivity index (χ0v) is 14.2. The minimum absolute atomic E-state index is 0.0177. The molecular weight excluding hydrogens is 340 g/mol. The van der Waals surface area contributed by atoms with Gasteiger partial charge in [0.1, 0.15) is 11.6 Å². The molecule has 26 heavy (non-hydrogen) atoms. The molecule has 0 bridgehead atoms. The van der Waals surface area contributed by atoms with Gasteiger partial charge in [-0.05, 0) is 24.3 Å². The first-order chi connectivity index (χ1) is 12.5. The summed E-state index contributed by atoms with van der Waals surface area (Å²) in [5, 5.41) is 2.40. The first kappa shape index (κ1) is 18.0. The zero-order chi connectivity index (χ0) is 18.5. The maximum atomic E-state index is 13.6. The van der Waals surface area contributed by atoms with Gasteiger partial charge in [0.05, 0.1) is 31.9 Å². The monoisotopic (exact) mass is 360 g/mol. The summed E-state index contributed by atoms with van der Waals surface area (Å²) in [5.41, 5.74) is 0.488. The Hall–Kier alpha value is -2.80. The molecule has 0 saturated carbocycles. The largest absolute Gasteiger partial charge is 0.327 e. The molecule has 3 rings (SSSR count). The maximum absolute atomic E-state index is 13.6. The Labute approximate surface area is 150 Å². The fraction of sp³-hybridized carbons (Fsp3) is 0.263. The second-order valence-electron chi connectivity index (χ2n) is 6.26. The van der Waals surface area contributed by atoms with Crippen LogP contribution in [0.5, 0.6) is 0 Å². The van der Waals surface area contributed by atoms with Gasteiger partial charge in [-0.1, -0.05) is 18.2 Å². The molecule has 0 spiro atoms. The summed E-state index contributed by atoms with van der Waals surface area (Å²) < 4.78 is 26.7. The van der Waals surface area contributed by atoms with E-state index in [0.717, 1.165) is 23.1 Å². The van der Waals surface area contributed by atoms with E-state index in [1.165, 1.54) is 0 Å². The SMILES string of the molecule is O=C(C[NH+]1CCN(C(=O)c2ccccc2)CC1)Nc1cc(F)ccc1F. The van der Waals surface area contributed by atoms with E-state index in [0.29, 0.717) is 31.7 Å². The van der Waals surface area contributed by atoms with Gasteiger partial charge >= 0.3 is 0 Å². The minimum Gasteiger partial charge on any atom is -0.327 e. The van der Waals surface area contributed by atoms with E-state index in [1.54, 1.807) is 17.0 Å². The van der Waals surface area contributed by atoms with Crippen molar-refractivity contribution in [1.29, 1.82) is 0 Å². The van der Waals surface area contributed by atoms with E-state index >= 15 is 0 Å². The molecule has 136 valence electrons. The number of halogens is 2. The highest BCUT2D eigenvalue weighted by Crippen LogP contribution is 2.14. The quantitative estimate of drug-likeness (QED) is 0.853. The van der Waals surface area contributed by atoms with Gasteiger partial charge in [-0.2, -0.15) is 0 Å². The Bertz CT molecular complexity index is 791. The first-order valence-corrected chi connectivity index (χ1v) is 8.46. The van der Waals surface area contributed by atoms with Crippen molar-refractivity contribution < 1.29 is 23.3 Å². The van der Waals surface area contributed by atoms with Gasteiger partial charge in [0, 0.05) is 11.6 Å². The number of hydrogen-bond acceptors (Lipinski definition) is 2. The molecule has 2 aromatic rings. The van der Waals surface area contributed by atoms with Gasteiger partial charge in [0.2, 0.25) is 0 Å². The third-order valence-electron chi connectivity index (χ3n) is 4.39. The van der Waals surface area contributed by atoms with Crippen molar-refractivity contribution >= 4 is 17.5 Å². The molecule has 1 saturated heterocycles. The van der Waals surface area contributed by atoms with Crippen LogP contribution in [-0.2, 0) is 4.79 Å². The molecule has 2 amide bonds. The van der Waals surface area contributed by atoms with Crippen LogP contribution in [0, 0.1) is 11.6 Å². The molecule has 5 nitrogen and oxygen atoms in total. The summed E-state index contributed by atoms with van der Waals surface area (Å²) >= 11 is 0. The van der Waals surface area contributed by atoms with Crippen LogP contribution in [0.1, 0.15) is 10.4 Å². The number of quaternary nitrogens is 1. The predicted octanol–water partition coefficient (Wildman–Crippen LogP) is 0.944. The summed E-state index contributed by atoms with van der Waals surface area (Å²) in [6, 6.07) is 12.0. The third kappa shape index (κ3) is 4.43. The van der Waals surface area contributed by atoms with Crippen molar-refractivity contribution in [3.63, 3.8) is 0 Å². The van der Waals surface area contributed by atoms with Gasteiger partial charge in [-0.15, -0.1) is 0 Å². The molecule has 0 aromatic heterocycles. The summed E-state index contributed by atoms with van der Waals surface area (Å²) in [6.45, 7) is 2.48. The van der Waals surface area contributed by atoms with Gasteiger partial charge in [0.25, 0.3) is 11.8 Å². The van der Waals surface area contributed by atoms with E-state index < -0.39 is 11.6 Å². The summed E-state index contributed by atoms with van der Waals surface area (Å²) in [7, 11) is 0. The molecule has 1 aliphatic heterocycles. The highest BCUT2D eigenvalue weighted by atomic mass is 19.1. The Balaban J connectivity index is 1.50. The summed E-state index contributed by atoms with van der Waals surface area (Å²) in [5.74, 6) is -1.68. The topological polar surface area (TPSA) is 53.9 Å². The van der Waals surface area contributed by atoms with E-state index in [9.17, 15) is 18.4 Å². The smallest absolute Gasteiger partial charge is 0.279 e. The van der Waals surface area contributed by atoms with Crippen LogP contribution in [-0.4, -0.2) is 49.4 Å². The number of nitrogens with one attached hydrogen (secondary N) is 2. The van der Waals surface area contributed by atoms with E-state index in [1.807, 2.05) is 18.2 Å². The van der Waals surface area contributed by atoms with Crippen LogP contribution < -0.4 is 10.2 Å². The van der Waals surface area contributed by atoms with Gasteiger partial charge < -0.3 is 15.1 Å². The van der Waals surface area contributed by atoms with Crippen molar-refractivity contribution in [1.82, 2.24) is 4.90 Å². The minimum atomic E-state index is -0.673. The van der Waals surface area contributed by atoms with Crippen LogP contribution in [0.15, 0.2) is 48.5 Å². The van der Waals surface area contributed by atoms with Crippen molar-refractivity contribution in [3.05, 3.63) is 65.7 Å². The number of benzene rings is 2. The van der Waals surface area contributed by atoms with Crippen molar-refractivity contribution in [3.8, 4) is 0 Å². The number of piperazine rings is 1. The highest BCUT2D eigenvalue weighted by molar-refractivity contribution is 5.94. The lowest BCUT2D eigenvalue weighted by molar-refractivity contribution is -0.895. The molecule has 1 aliphatic rings. The lowest BCUT2D eigenvalue weighted by Crippen LogP contribution is -3.15. The second kappa shape index (κ2) is 8.05. The molecule has 0 radical (unpaired) electrons. The van der Waals surface area contributed by atoms with Gasteiger partial charge in [-0.3, -0.25) is 9.59 Å². The lowest BCUT2D eigenvalue weighted by Gasteiger charge is -2.32. The fourth-order valence-electron chi connectivity index (χ4n) is 2.98. The number of anilines is 1. The van der Waals surface area contributed by atoms with Crippen LogP contribution in [0.25, 0.3) is 0 Å².